The van der Waals surface area contributed by atoms with Gasteiger partial charge in [-0.1, -0.05) is 24.3 Å². The van der Waals surface area contributed by atoms with Crippen LogP contribution in [0.25, 0.3) is 32.1 Å². The van der Waals surface area contributed by atoms with Crippen molar-refractivity contribution in [2.24, 2.45) is 0 Å². The molecule has 0 saturated heterocycles. The maximum Gasteiger partial charge on any atom is 0.418 e. The molecule has 0 fully saturated rings. The molecule has 0 bridgehead atoms. The molecule has 2 heterocycles. The Morgan fingerprint density at radius 3 is 2.46 bits per heavy atom. The van der Waals surface area contributed by atoms with Gasteiger partial charge in [0.15, 0.2) is 6.10 Å². The van der Waals surface area contributed by atoms with Crippen LogP contribution in [0.2, 0.25) is 0 Å². The topological polar surface area (TPSA) is 62.3 Å². The highest BCUT2D eigenvalue weighted by molar-refractivity contribution is 7.17. The van der Waals surface area contributed by atoms with Crippen molar-refractivity contribution in [2.45, 2.75) is 12.3 Å². The number of benzene rings is 2. The zero-order valence-corrected chi connectivity index (χ0v) is 15.3. The molecule has 2 N–H and O–H groups in total. The molecule has 0 radical (unpaired) electrons. The molecule has 1 atom stereocenters. The van der Waals surface area contributed by atoms with Gasteiger partial charge in [-0.25, -0.2) is 0 Å². The van der Waals surface area contributed by atoms with Crippen molar-refractivity contribution >= 4 is 32.3 Å². The number of pyridine rings is 1. The van der Waals surface area contributed by atoms with Gasteiger partial charge < -0.3 is 14.8 Å². The Hall–Kier alpha value is -2.84. The Morgan fingerprint density at radius 1 is 1.11 bits per heavy atom. The molecule has 28 heavy (non-hydrogen) atoms. The average molecular weight is 405 g/mol. The second-order valence-electron chi connectivity index (χ2n) is 6.25. The Labute approximate surface area is 160 Å². The first-order valence-electron chi connectivity index (χ1n) is 8.26. The predicted octanol–water partition coefficient (Wildman–Crippen LogP) is 5.01. The Balaban J connectivity index is 1.98. The first-order chi connectivity index (χ1) is 13.3. The SMILES string of the molecule is COc1ccc2[nH]c(=O)c3sccc3c2c1-c1ccc(C(O)C(F)(F)F)cc1. The van der Waals surface area contributed by atoms with Gasteiger partial charge in [-0.3, -0.25) is 4.79 Å². The molecule has 2 aromatic heterocycles. The van der Waals surface area contributed by atoms with Crippen molar-refractivity contribution in [1.29, 1.82) is 0 Å². The largest absolute Gasteiger partial charge is 0.496 e. The molecule has 4 nitrogen and oxygen atoms in total. The van der Waals surface area contributed by atoms with Crippen LogP contribution in [0, 0.1) is 0 Å². The van der Waals surface area contributed by atoms with Crippen LogP contribution in [0.4, 0.5) is 13.2 Å². The molecule has 0 aliphatic carbocycles. The molecule has 8 heteroatoms. The summed E-state index contributed by atoms with van der Waals surface area (Å²) in [5, 5.41) is 12.8. The van der Waals surface area contributed by atoms with E-state index < -0.39 is 12.3 Å². The normalized spacial score (nSPS) is 13.2. The predicted molar refractivity (Wildman–Crippen MR) is 103 cm³/mol. The van der Waals surface area contributed by atoms with Crippen LogP contribution in [-0.4, -0.2) is 23.4 Å². The van der Waals surface area contributed by atoms with Gasteiger partial charge in [-0.05, 0) is 34.7 Å². The zero-order chi connectivity index (χ0) is 20.1. The highest BCUT2D eigenvalue weighted by Crippen LogP contribution is 2.41. The summed E-state index contributed by atoms with van der Waals surface area (Å²) in [6, 6.07) is 10.8. The van der Waals surface area contributed by atoms with Crippen molar-refractivity contribution in [1.82, 2.24) is 4.98 Å². The van der Waals surface area contributed by atoms with Crippen molar-refractivity contribution in [3.8, 4) is 16.9 Å². The lowest BCUT2D eigenvalue weighted by Gasteiger charge is -2.16. The molecular formula is C20H14F3NO3S. The average Bonchev–Trinajstić information content (AvgIpc) is 3.17. The fourth-order valence-corrected chi connectivity index (χ4v) is 4.10. The molecule has 144 valence electrons. The second kappa shape index (κ2) is 6.65. The zero-order valence-electron chi connectivity index (χ0n) is 14.5. The van der Waals surface area contributed by atoms with Crippen LogP contribution in [-0.2, 0) is 0 Å². The molecule has 2 aromatic carbocycles. The fourth-order valence-electron chi connectivity index (χ4n) is 3.31. The van der Waals surface area contributed by atoms with Gasteiger partial charge in [-0.2, -0.15) is 13.2 Å². The number of rotatable bonds is 3. The summed E-state index contributed by atoms with van der Waals surface area (Å²) < 4.78 is 44.3. The van der Waals surface area contributed by atoms with E-state index in [1.165, 1.54) is 42.7 Å². The molecule has 0 amide bonds. The van der Waals surface area contributed by atoms with Crippen LogP contribution in [0.15, 0.2) is 52.6 Å². The van der Waals surface area contributed by atoms with Crippen LogP contribution < -0.4 is 10.3 Å². The third kappa shape index (κ3) is 2.94. The lowest BCUT2D eigenvalue weighted by atomic mass is 9.95. The molecule has 0 spiro atoms. The number of fused-ring (bicyclic) bond motifs is 3. The number of hydrogen-bond donors (Lipinski definition) is 2. The van der Waals surface area contributed by atoms with Crippen LogP contribution in [0.1, 0.15) is 11.7 Å². The number of ether oxygens (including phenoxy) is 1. The first kappa shape index (κ1) is 18.5. The number of nitrogens with one attached hydrogen (secondary N) is 1. The summed E-state index contributed by atoms with van der Waals surface area (Å²) in [6.45, 7) is 0. The maximum absolute atomic E-state index is 12.8. The maximum atomic E-state index is 12.8. The molecule has 1 unspecified atom stereocenters. The quantitative estimate of drug-likeness (QED) is 0.503. The molecule has 0 aliphatic rings. The number of H-pyrrole nitrogens is 1. The van der Waals surface area contributed by atoms with Gasteiger partial charge in [0.2, 0.25) is 0 Å². The van der Waals surface area contributed by atoms with E-state index in [2.05, 4.69) is 4.98 Å². The molecule has 0 aliphatic heterocycles. The van der Waals surface area contributed by atoms with E-state index in [1.807, 2.05) is 11.4 Å². The summed E-state index contributed by atoms with van der Waals surface area (Å²) in [5.74, 6) is 0.524. The molecule has 4 aromatic rings. The van der Waals surface area contributed by atoms with Gasteiger partial charge in [0.05, 0.1) is 7.11 Å². The minimum atomic E-state index is -4.74. The second-order valence-corrected chi connectivity index (χ2v) is 7.17. The number of halogens is 3. The van der Waals surface area contributed by atoms with Crippen molar-refractivity contribution in [3.63, 3.8) is 0 Å². The number of methoxy groups -OCH3 is 1. The number of thiophene rings is 1. The smallest absolute Gasteiger partial charge is 0.418 e. The van der Waals surface area contributed by atoms with E-state index in [-0.39, 0.29) is 11.1 Å². The number of aliphatic hydroxyl groups is 1. The number of alkyl halides is 3. The van der Waals surface area contributed by atoms with Crippen molar-refractivity contribution in [2.75, 3.05) is 7.11 Å². The molecule has 0 saturated carbocycles. The number of aliphatic hydroxyl groups excluding tert-OH is 1. The van der Waals surface area contributed by atoms with Crippen LogP contribution in [0.5, 0.6) is 5.75 Å². The van der Waals surface area contributed by atoms with E-state index in [0.717, 1.165) is 10.8 Å². The number of hydrogen-bond acceptors (Lipinski definition) is 4. The summed E-state index contributed by atoms with van der Waals surface area (Å²) in [6.07, 6.45) is -7.28. The fraction of sp³-hybridized carbons (Fsp3) is 0.150. The monoisotopic (exact) mass is 405 g/mol. The first-order valence-corrected chi connectivity index (χ1v) is 9.14. The van der Waals surface area contributed by atoms with Gasteiger partial charge in [-0.15, -0.1) is 11.3 Å². The van der Waals surface area contributed by atoms with Gasteiger partial charge in [0, 0.05) is 21.9 Å². The lowest BCUT2D eigenvalue weighted by molar-refractivity contribution is -0.206. The van der Waals surface area contributed by atoms with Gasteiger partial charge in [0.25, 0.3) is 5.56 Å². The number of aromatic amines is 1. The lowest BCUT2D eigenvalue weighted by Crippen LogP contribution is -2.19. The van der Waals surface area contributed by atoms with E-state index in [1.54, 1.807) is 12.1 Å². The minimum Gasteiger partial charge on any atom is -0.496 e. The third-order valence-corrected chi connectivity index (χ3v) is 5.51. The third-order valence-electron chi connectivity index (χ3n) is 4.60. The van der Waals surface area contributed by atoms with Crippen molar-refractivity contribution < 1.29 is 23.0 Å². The minimum absolute atomic E-state index is 0.197. The van der Waals surface area contributed by atoms with Crippen LogP contribution >= 0.6 is 11.3 Å². The Kier molecular flexibility index (Phi) is 4.40. The summed E-state index contributed by atoms with van der Waals surface area (Å²) in [7, 11) is 1.50. The van der Waals surface area contributed by atoms with E-state index in [9.17, 15) is 23.1 Å². The van der Waals surface area contributed by atoms with Gasteiger partial charge >= 0.3 is 6.18 Å². The Bertz CT molecular complexity index is 1230. The van der Waals surface area contributed by atoms with E-state index >= 15 is 0 Å². The van der Waals surface area contributed by atoms with E-state index in [0.29, 0.717) is 27.1 Å². The van der Waals surface area contributed by atoms with Crippen molar-refractivity contribution in [3.05, 3.63) is 63.8 Å². The highest BCUT2D eigenvalue weighted by atomic mass is 32.1. The van der Waals surface area contributed by atoms with Crippen LogP contribution in [0.3, 0.4) is 0 Å². The summed E-state index contributed by atoms with van der Waals surface area (Å²) in [4.78, 5) is 15.1. The molecule has 4 rings (SSSR count). The standard InChI is InChI=1S/C20H14F3NO3S/c1-27-14-7-6-13-16(12-8-9-28-17(12)19(26)24-13)15(14)10-2-4-11(5-3-10)18(25)20(21,22)23/h2-9,18,25H,1H3,(H,24,26). The summed E-state index contributed by atoms with van der Waals surface area (Å²) in [5.41, 5.74) is 1.43. The van der Waals surface area contributed by atoms with Gasteiger partial charge in [0.1, 0.15) is 10.4 Å². The number of aromatic nitrogens is 1. The summed E-state index contributed by atoms with van der Waals surface area (Å²) >= 11 is 1.31. The highest BCUT2D eigenvalue weighted by Gasteiger charge is 2.39. The Morgan fingerprint density at radius 2 is 1.82 bits per heavy atom. The van der Waals surface area contributed by atoms with E-state index in [4.69, 9.17) is 4.74 Å². The molecular weight excluding hydrogens is 391 g/mol.